The Balaban J connectivity index is 1.53. The highest BCUT2D eigenvalue weighted by Gasteiger charge is 2.43. The zero-order chi connectivity index (χ0) is 24.8. The molecule has 2 aliphatic rings. The Morgan fingerprint density at radius 3 is 2.91 bits per heavy atom. The molecule has 3 aromatic rings. The van der Waals surface area contributed by atoms with Crippen LogP contribution in [0.3, 0.4) is 0 Å². The van der Waals surface area contributed by atoms with Crippen LogP contribution in [-0.4, -0.2) is 46.8 Å². The summed E-state index contributed by atoms with van der Waals surface area (Å²) in [6, 6.07) is 10.8. The Labute approximate surface area is 192 Å². The Kier molecular flexibility index (Phi) is 4.57. The quantitative estimate of drug-likeness (QED) is 0.583. The number of fused-ring (bicyclic) bond motifs is 1. The van der Waals surface area contributed by atoms with E-state index in [1.54, 1.807) is 18.2 Å². The van der Waals surface area contributed by atoms with Crippen LogP contribution in [0.5, 0.6) is 5.75 Å². The molecule has 0 saturated carbocycles. The number of likely N-dealkylation sites (tertiary alicyclic amines) is 1. The van der Waals surface area contributed by atoms with Crippen LogP contribution in [0.2, 0.25) is 0 Å². The number of hydrogen-bond donors (Lipinski definition) is 2. The molecule has 5 rings (SSSR count). The molecule has 0 aliphatic carbocycles. The Hall–Kier alpha value is -2.83. The number of carboxylic acids is 1. The third kappa shape index (κ3) is 3.67. The van der Waals surface area contributed by atoms with Crippen molar-refractivity contribution in [2.75, 3.05) is 20.2 Å². The third-order valence-electron chi connectivity index (χ3n) is 7.17. The van der Waals surface area contributed by atoms with E-state index in [1.807, 2.05) is 31.3 Å². The van der Waals surface area contributed by atoms with Crippen LogP contribution in [0.15, 0.2) is 42.6 Å². The molecule has 1 spiro atoms. The molecule has 6 heteroatoms. The predicted molar refractivity (Wildman–Crippen MR) is 123 cm³/mol. The molecule has 2 fully saturated rings. The Bertz CT molecular complexity index is 1230. The number of aromatic amines is 1. The fourth-order valence-electron chi connectivity index (χ4n) is 5.46. The summed E-state index contributed by atoms with van der Waals surface area (Å²) in [6.45, 7) is 3.98. The Morgan fingerprint density at radius 2 is 2.19 bits per heavy atom. The summed E-state index contributed by atoms with van der Waals surface area (Å²) in [4.78, 5) is 17.0. The van der Waals surface area contributed by atoms with E-state index < -0.39 is 13.0 Å². The fourth-order valence-corrected chi connectivity index (χ4v) is 5.46. The molecule has 6 nitrogen and oxygen atoms in total. The molecule has 0 bridgehead atoms. The van der Waals surface area contributed by atoms with E-state index in [2.05, 4.69) is 9.88 Å². The molecule has 1 aromatic heterocycles. The smallest absolute Gasteiger partial charge is 0.335 e. The first-order chi connectivity index (χ1) is 16.6. The van der Waals surface area contributed by atoms with Gasteiger partial charge in [0.05, 0.1) is 22.3 Å². The van der Waals surface area contributed by atoms with Gasteiger partial charge >= 0.3 is 5.97 Å². The van der Waals surface area contributed by atoms with Crippen molar-refractivity contribution in [2.24, 2.45) is 0 Å². The third-order valence-corrected chi connectivity index (χ3v) is 7.17. The number of carboxylic acid groups (broad SMARTS) is 1. The maximum absolute atomic E-state index is 11.4. The van der Waals surface area contributed by atoms with Crippen LogP contribution in [-0.2, 0) is 11.3 Å². The second-order valence-electron chi connectivity index (χ2n) is 9.04. The number of nitrogens with one attached hydrogen (secondary N) is 1. The fraction of sp³-hybridized carbons (Fsp3) is 0.423. The van der Waals surface area contributed by atoms with E-state index in [1.165, 1.54) is 0 Å². The monoisotopic (exact) mass is 437 g/mol. The normalized spacial score (nSPS) is 25.5. The van der Waals surface area contributed by atoms with E-state index in [0.29, 0.717) is 12.3 Å². The van der Waals surface area contributed by atoms with Gasteiger partial charge in [-0.15, -0.1) is 0 Å². The number of piperidine rings is 1. The molecule has 2 aliphatic heterocycles. The van der Waals surface area contributed by atoms with Gasteiger partial charge in [0.1, 0.15) is 5.75 Å². The minimum absolute atomic E-state index is 0.000557. The lowest BCUT2D eigenvalue weighted by atomic mass is 9.81. The summed E-state index contributed by atoms with van der Waals surface area (Å²) in [5.74, 6) is -0.583. The molecule has 2 aromatic carbocycles. The lowest BCUT2D eigenvalue weighted by Gasteiger charge is -2.45. The molecule has 0 radical (unpaired) electrons. The van der Waals surface area contributed by atoms with Crippen LogP contribution >= 0.6 is 0 Å². The lowest BCUT2D eigenvalue weighted by Crippen LogP contribution is -2.45. The number of aromatic carboxylic acids is 1. The van der Waals surface area contributed by atoms with E-state index in [9.17, 15) is 9.90 Å². The van der Waals surface area contributed by atoms with Crippen molar-refractivity contribution in [2.45, 2.75) is 50.8 Å². The summed E-state index contributed by atoms with van der Waals surface area (Å²) < 4.78 is 34.8. The van der Waals surface area contributed by atoms with Crippen molar-refractivity contribution >= 4 is 16.9 Å². The molecule has 2 saturated heterocycles. The van der Waals surface area contributed by atoms with Crippen molar-refractivity contribution in [1.29, 1.82) is 0 Å². The highest BCUT2D eigenvalue weighted by molar-refractivity contribution is 5.88. The van der Waals surface area contributed by atoms with E-state index in [0.717, 1.165) is 66.4 Å². The van der Waals surface area contributed by atoms with Crippen LogP contribution in [0.4, 0.5) is 0 Å². The van der Waals surface area contributed by atoms with Crippen molar-refractivity contribution in [3.63, 3.8) is 0 Å². The maximum Gasteiger partial charge on any atom is 0.335 e. The van der Waals surface area contributed by atoms with Crippen LogP contribution in [0, 0.1) is 6.92 Å². The molecule has 3 heterocycles. The summed E-state index contributed by atoms with van der Waals surface area (Å²) >= 11 is 0. The SMILES string of the molecule is [2H]C([2H])([2H])Oc1cc(C)c2[nH]ccc2c1CN1CCC2(CCCO2)CC1c1ccc(C(=O)O)cc1. The number of hydrogen-bond acceptors (Lipinski definition) is 4. The number of benzene rings is 2. The second-order valence-corrected chi connectivity index (χ2v) is 9.04. The van der Waals surface area contributed by atoms with Gasteiger partial charge < -0.3 is 19.6 Å². The zero-order valence-corrected chi connectivity index (χ0v) is 18.2. The summed E-state index contributed by atoms with van der Waals surface area (Å²) in [7, 11) is -2.55. The number of ether oxygens (including phenoxy) is 2. The van der Waals surface area contributed by atoms with Gasteiger partial charge in [-0.05, 0) is 68.0 Å². The number of H-pyrrole nitrogens is 1. The minimum atomic E-state index is -2.55. The first kappa shape index (κ1) is 17.7. The number of aryl methyl sites for hydroxylation is 1. The molecule has 2 unspecified atom stereocenters. The molecule has 32 heavy (non-hydrogen) atoms. The first-order valence-corrected chi connectivity index (χ1v) is 11.1. The average Bonchev–Trinajstić information content (AvgIpc) is 3.47. The van der Waals surface area contributed by atoms with Gasteiger partial charge in [0.25, 0.3) is 0 Å². The lowest BCUT2D eigenvalue weighted by molar-refractivity contribution is -0.0676. The van der Waals surface area contributed by atoms with Gasteiger partial charge in [-0.3, -0.25) is 4.90 Å². The first-order valence-electron chi connectivity index (χ1n) is 12.6. The van der Waals surface area contributed by atoms with Crippen LogP contribution in [0.25, 0.3) is 10.9 Å². The summed E-state index contributed by atoms with van der Waals surface area (Å²) in [6.07, 6.45) is 5.62. The van der Waals surface area contributed by atoms with Gasteiger partial charge in [0.2, 0.25) is 0 Å². The molecular formula is C26H30N2O4. The predicted octanol–water partition coefficient (Wildman–Crippen LogP) is 5.07. The second kappa shape index (κ2) is 8.26. The number of aromatic nitrogens is 1. The van der Waals surface area contributed by atoms with Crippen LogP contribution < -0.4 is 4.74 Å². The number of carbonyl (C=O) groups is 1. The van der Waals surface area contributed by atoms with Gasteiger partial charge in [-0.25, -0.2) is 4.79 Å². The molecule has 2 N–H and O–H groups in total. The average molecular weight is 438 g/mol. The molecule has 168 valence electrons. The van der Waals surface area contributed by atoms with Crippen molar-refractivity contribution in [3.05, 3.63) is 64.8 Å². The van der Waals surface area contributed by atoms with Crippen LogP contribution in [0.1, 0.15) is 62.9 Å². The summed E-state index contributed by atoms with van der Waals surface area (Å²) in [5, 5.41) is 10.3. The van der Waals surface area contributed by atoms with Gasteiger partial charge in [-0.1, -0.05) is 12.1 Å². The zero-order valence-electron chi connectivity index (χ0n) is 21.2. The number of rotatable bonds is 5. The van der Waals surface area contributed by atoms with Gasteiger partial charge in [-0.2, -0.15) is 0 Å². The van der Waals surface area contributed by atoms with Gasteiger partial charge in [0.15, 0.2) is 0 Å². The van der Waals surface area contributed by atoms with Gasteiger partial charge in [0, 0.05) is 48.4 Å². The van der Waals surface area contributed by atoms with E-state index >= 15 is 0 Å². The number of nitrogens with zero attached hydrogens (tertiary/aromatic N) is 1. The molecular weight excluding hydrogens is 404 g/mol. The molecule has 2 atom stereocenters. The highest BCUT2D eigenvalue weighted by atomic mass is 16.5. The standard InChI is InChI=1S/C26H30N2O4/c1-17-14-23(31-2)21(20-8-11-27-24(17)20)16-28-12-10-26(9-3-13-32-26)15-22(28)18-4-6-19(7-5-18)25(29)30/h4-8,11,14,22,27H,3,9-10,12-13,15-16H2,1-2H3,(H,29,30)/i2D3. The van der Waals surface area contributed by atoms with Crippen molar-refractivity contribution in [1.82, 2.24) is 9.88 Å². The largest absolute Gasteiger partial charge is 0.496 e. The highest BCUT2D eigenvalue weighted by Crippen LogP contribution is 2.45. The minimum Gasteiger partial charge on any atom is -0.496 e. The van der Waals surface area contributed by atoms with Crippen molar-refractivity contribution < 1.29 is 23.5 Å². The topological polar surface area (TPSA) is 74.8 Å². The summed E-state index contributed by atoms with van der Waals surface area (Å²) in [5.41, 5.74) is 3.84. The van der Waals surface area contributed by atoms with E-state index in [-0.39, 0.29) is 17.2 Å². The molecule has 0 amide bonds. The maximum atomic E-state index is 11.4. The number of methoxy groups -OCH3 is 1. The van der Waals surface area contributed by atoms with Crippen molar-refractivity contribution in [3.8, 4) is 5.75 Å². The Morgan fingerprint density at radius 1 is 1.34 bits per heavy atom. The van der Waals surface area contributed by atoms with E-state index in [4.69, 9.17) is 13.6 Å².